The van der Waals surface area contributed by atoms with Crippen LogP contribution in [0.1, 0.15) is 51.5 Å². The van der Waals surface area contributed by atoms with Gasteiger partial charge in [0.25, 0.3) is 0 Å². The first-order chi connectivity index (χ1) is 20.2. The molecule has 11 heteroatoms. The maximum absolute atomic E-state index is 14.1. The first kappa shape index (κ1) is 31.3. The van der Waals surface area contributed by atoms with Crippen molar-refractivity contribution in [3.63, 3.8) is 0 Å². The van der Waals surface area contributed by atoms with Crippen LogP contribution in [0.4, 0.5) is 11.5 Å². The molecule has 1 saturated heterocycles. The highest BCUT2D eigenvalue weighted by Crippen LogP contribution is 2.33. The van der Waals surface area contributed by atoms with Crippen molar-refractivity contribution in [1.82, 2.24) is 20.0 Å². The molecule has 0 spiro atoms. The molecule has 4 rings (SSSR count). The van der Waals surface area contributed by atoms with Gasteiger partial charge in [0.1, 0.15) is 10.7 Å². The number of rotatable bonds is 13. The SMILES string of the molecule is CCC(=O)Nc1c(-c2ccccn2)cccc1S(=O)(=O)NC(CCCc1ccc(N)nc1)C(=O)C1CNCCC1CC. The summed E-state index contributed by atoms with van der Waals surface area (Å²) in [5.41, 5.74) is 7.79. The lowest BCUT2D eigenvalue weighted by molar-refractivity contribution is -0.127. The second kappa shape index (κ2) is 14.5. The van der Waals surface area contributed by atoms with E-state index in [1.165, 1.54) is 6.07 Å². The van der Waals surface area contributed by atoms with Crippen molar-refractivity contribution in [3.05, 3.63) is 66.5 Å². The van der Waals surface area contributed by atoms with Crippen molar-refractivity contribution >= 4 is 33.2 Å². The Hall–Kier alpha value is -3.67. The standard InChI is InChI=1S/C31H40N6O4S/c1-3-22-16-18-33-20-24(22)31(39)26(12-7-9-21-14-15-28(32)35-19-21)37-42(40,41)27-13-8-10-23(25-11-5-6-17-34-25)30(27)36-29(38)4-2/h5-6,8,10-11,13-15,17,19,22,24,26,33,37H,3-4,7,9,12,16,18,20H2,1-2H3,(H2,32,35)(H,36,38). The Labute approximate surface area is 248 Å². The van der Waals surface area contributed by atoms with Gasteiger partial charge in [0.2, 0.25) is 15.9 Å². The van der Waals surface area contributed by atoms with E-state index in [9.17, 15) is 18.0 Å². The number of para-hydroxylation sites is 1. The summed E-state index contributed by atoms with van der Waals surface area (Å²) in [6.45, 7) is 5.11. The number of nitrogens with two attached hydrogens (primary N) is 1. The number of hydrogen-bond donors (Lipinski definition) is 4. The Morgan fingerprint density at radius 2 is 1.93 bits per heavy atom. The molecule has 3 atom stereocenters. The monoisotopic (exact) mass is 592 g/mol. The number of carbonyl (C=O) groups is 2. The summed E-state index contributed by atoms with van der Waals surface area (Å²) in [7, 11) is -4.25. The van der Waals surface area contributed by atoms with Gasteiger partial charge in [-0.3, -0.25) is 14.6 Å². The fraction of sp³-hybridized carbons (Fsp3) is 0.419. The van der Waals surface area contributed by atoms with Crippen molar-refractivity contribution in [1.29, 1.82) is 0 Å². The molecule has 3 aromatic rings. The number of nitrogens with one attached hydrogen (secondary N) is 3. The zero-order valence-corrected chi connectivity index (χ0v) is 25.0. The Morgan fingerprint density at radius 3 is 2.62 bits per heavy atom. The fourth-order valence-electron chi connectivity index (χ4n) is 5.44. The summed E-state index contributed by atoms with van der Waals surface area (Å²) >= 11 is 0. The van der Waals surface area contributed by atoms with E-state index in [1.807, 2.05) is 6.07 Å². The van der Waals surface area contributed by atoms with Gasteiger partial charge in [-0.05, 0) is 68.0 Å². The lowest BCUT2D eigenvalue weighted by atomic mass is 9.79. The molecule has 0 saturated carbocycles. The predicted octanol–water partition coefficient (Wildman–Crippen LogP) is 3.95. The zero-order valence-electron chi connectivity index (χ0n) is 24.2. The fourth-order valence-corrected chi connectivity index (χ4v) is 6.87. The zero-order chi connectivity index (χ0) is 30.1. The minimum Gasteiger partial charge on any atom is -0.384 e. The van der Waals surface area contributed by atoms with Gasteiger partial charge in [0.15, 0.2) is 5.78 Å². The van der Waals surface area contributed by atoms with Crippen molar-refractivity contribution in [2.24, 2.45) is 11.8 Å². The topological polar surface area (TPSA) is 156 Å². The van der Waals surface area contributed by atoms with Gasteiger partial charge in [-0.15, -0.1) is 0 Å². The number of nitrogen functional groups attached to an aromatic ring is 1. The molecule has 0 radical (unpaired) electrons. The molecule has 2 aromatic heterocycles. The smallest absolute Gasteiger partial charge is 0.243 e. The Balaban J connectivity index is 1.67. The molecule has 1 amide bonds. The van der Waals surface area contributed by atoms with E-state index in [0.717, 1.165) is 24.9 Å². The molecule has 3 unspecified atom stereocenters. The molecule has 0 bridgehead atoms. The van der Waals surface area contributed by atoms with Crippen LogP contribution in [0.2, 0.25) is 0 Å². The van der Waals surface area contributed by atoms with Crippen molar-refractivity contribution in [2.45, 2.75) is 63.3 Å². The Bertz CT molecular complexity index is 1460. The van der Waals surface area contributed by atoms with Crippen LogP contribution in [0.25, 0.3) is 11.3 Å². The highest BCUT2D eigenvalue weighted by molar-refractivity contribution is 7.89. The number of Topliss-reactive ketones (excluding diaryl/α,β-unsaturated/α-hetero) is 1. The average molecular weight is 593 g/mol. The van der Waals surface area contributed by atoms with E-state index in [0.29, 0.717) is 42.9 Å². The van der Waals surface area contributed by atoms with Crippen LogP contribution in [-0.2, 0) is 26.0 Å². The van der Waals surface area contributed by atoms with Gasteiger partial charge in [-0.2, -0.15) is 0 Å². The Kier molecular flexibility index (Phi) is 10.8. The summed E-state index contributed by atoms with van der Waals surface area (Å²) in [6, 6.07) is 12.7. The van der Waals surface area contributed by atoms with Crippen molar-refractivity contribution in [3.8, 4) is 11.3 Å². The molecule has 42 heavy (non-hydrogen) atoms. The molecule has 1 aliphatic heterocycles. The number of benzene rings is 1. The summed E-state index contributed by atoms with van der Waals surface area (Å²) < 4.78 is 30.8. The van der Waals surface area contributed by atoms with Crippen molar-refractivity contribution in [2.75, 3.05) is 24.1 Å². The molecule has 224 valence electrons. The maximum Gasteiger partial charge on any atom is 0.243 e. The molecular weight excluding hydrogens is 552 g/mol. The number of hydrogen-bond acceptors (Lipinski definition) is 8. The molecular formula is C31H40N6O4S. The molecule has 3 heterocycles. The minimum absolute atomic E-state index is 0.109. The van der Waals surface area contributed by atoms with E-state index in [-0.39, 0.29) is 40.5 Å². The third kappa shape index (κ3) is 7.78. The van der Waals surface area contributed by atoms with Crippen LogP contribution in [0.5, 0.6) is 0 Å². The molecule has 1 aromatic carbocycles. The number of nitrogens with zero attached hydrogens (tertiary/aromatic N) is 2. The van der Waals surface area contributed by atoms with Gasteiger partial charge in [-0.25, -0.2) is 18.1 Å². The van der Waals surface area contributed by atoms with Crippen LogP contribution in [0.3, 0.4) is 0 Å². The number of sulfonamides is 1. The van der Waals surface area contributed by atoms with E-state index < -0.39 is 16.1 Å². The normalized spacial score (nSPS) is 17.9. The first-order valence-electron chi connectivity index (χ1n) is 14.5. The van der Waals surface area contributed by atoms with Gasteiger partial charge in [-0.1, -0.05) is 44.5 Å². The van der Waals surface area contributed by atoms with Gasteiger partial charge < -0.3 is 16.4 Å². The van der Waals surface area contributed by atoms with Crippen LogP contribution in [0.15, 0.2) is 65.8 Å². The van der Waals surface area contributed by atoms with Crippen LogP contribution in [-0.4, -0.2) is 49.2 Å². The lowest BCUT2D eigenvalue weighted by Gasteiger charge is -2.33. The lowest BCUT2D eigenvalue weighted by Crippen LogP contribution is -2.50. The largest absolute Gasteiger partial charge is 0.384 e. The van der Waals surface area contributed by atoms with Crippen molar-refractivity contribution < 1.29 is 18.0 Å². The average Bonchev–Trinajstić information content (AvgIpc) is 3.01. The highest BCUT2D eigenvalue weighted by Gasteiger charge is 2.36. The summed E-state index contributed by atoms with van der Waals surface area (Å²) in [4.78, 5) is 34.9. The number of aromatic nitrogens is 2. The summed E-state index contributed by atoms with van der Waals surface area (Å²) in [5.74, 6) is -0.145. The molecule has 1 fully saturated rings. The number of anilines is 2. The quantitative estimate of drug-likeness (QED) is 0.232. The van der Waals surface area contributed by atoms with Gasteiger partial charge in [0, 0.05) is 36.8 Å². The molecule has 0 aliphatic carbocycles. The number of aryl methyl sites for hydroxylation is 1. The van der Waals surface area contributed by atoms with Gasteiger partial charge >= 0.3 is 0 Å². The third-order valence-corrected chi connectivity index (χ3v) is 9.32. The second-order valence-electron chi connectivity index (χ2n) is 10.6. The maximum atomic E-state index is 14.1. The first-order valence-corrected chi connectivity index (χ1v) is 16.0. The number of carbonyl (C=O) groups excluding carboxylic acids is 2. The highest BCUT2D eigenvalue weighted by atomic mass is 32.2. The molecule has 10 nitrogen and oxygen atoms in total. The predicted molar refractivity (Wildman–Crippen MR) is 164 cm³/mol. The van der Waals surface area contributed by atoms with E-state index in [4.69, 9.17) is 5.73 Å². The third-order valence-electron chi connectivity index (χ3n) is 7.80. The Morgan fingerprint density at radius 1 is 1.10 bits per heavy atom. The number of pyridine rings is 2. The van der Waals surface area contributed by atoms with E-state index >= 15 is 0 Å². The van der Waals surface area contributed by atoms with E-state index in [1.54, 1.807) is 55.7 Å². The van der Waals surface area contributed by atoms with Crippen LogP contribution < -0.4 is 21.1 Å². The summed E-state index contributed by atoms with van der Waals surface area (Å²) in [6.07, 6.45) is 6.66. The van der Waals surface area contributed by atoms with Gasteiger partial charge in [0.05, 0.1) is 17.4 Å². The molecule has 5 N–H and O–H groups in total. The summed E-state index contributed by atoms with van der Waals surface area (Å²) in [5, 5.41) is 6.08. The number of ketones is 1. The minimum atomic E-state index is -4.25. The number of amides is 1. The van der Waals surface area contributed by atoms with Crippen LogP contribution >= 0.6 is 0 Å². The molecule has 1 aliphatic rings. The number of piperidine rings is 1. The second-order valence-corrected chi connectivity index (χ2v) is 12.3. The van der Waals surface area contributed by atoms with Crippen LogP contribution in [0, 0.1) is 11.8 Å². The van der Waals surface area contributed by atoms with E-state index in [2.05, 4.69) is 32.2 Å².